The number of methoxy groups -OCH3 is 1. The van der Waals surface area contributed by atoms with Crippen LogP contribution in [-0.4, -0.2) is 53.1 Å². The molecule has 0 N–H and O–H groups in total. The minimum absolute atomic E-state index is 0.136. The van der Waals surface area contributed by atoms with Gasteiger partial charge in [0.1, 0.15) is 11.6 Å². The van der Waals surface area contributed by atoms with Crippen molar-refractivity contribution in [2.75, 3.05) is 25.2 Å². The lowest BCUT2D eigenvalue weighted by Gasteiger charge is -2.30. The quantitative estimate of drug-likeness (QED) is 0.593. The number of esters is 1. The van der Waals surface area contributed by atoms with E-state index in [0.717, 1.165) is 0 Å². The van der Waals surface area contributed by atoms with Crippen molar-refractivity contribution >= 4 is 30.2 Å². The minimum Gasteiger partial charge on any atom is -0.494 e. The Balaban J connectivity index is 2.29. The molecule has 2 rings (SSSR count). The highest BCUT2D eigenvalue weighted by atomic mass is 32.1. The van der Waals surface area contributed by atoms with Gasteiger partial charge in [-0.1, -0.05) is 0 Å². The Kier molecular flexibility index (Phi) is 6.10. The predicted molar refractivity (Wildman–Crippen MR) is 97.8 cm³/mol. The number of thiol groups is 1. The summed E-state index contributed by atoms with van der Waals surface area (Å²) in [5, 5.41) is 9.06. The van der Waals surface area contributed by atoms with Crippen molar-refractivity contribution in [3.8, 4) is 11.8 Å². The number of pyridine rings is 1. The van der Waals surface area contributed by atoms with Gasteiger partial charge in [-0.25, -0.2) is 4.98 Å². The lowest BCUT2D eigenvalue weighted by Crippen LogP contribution is -2.45. The number of amides is 1. The van der Waals surface area contributed by atoms with Crippen LogP contribution in [-0.2, 0) is 14.3 Å². The Bertz CT molecular complexity index is 747. The number of ether oxygens (including phenoxy) is 2. The van der Waals surface area contributed by atoms with Crippen LogP contribution >= 0.6 is 12.6 Å². The summed E-state index contributed by atoms with van der Waals surface area (Å²) in [6.45, 7) is 5.93. The van der Waals surface area contributed by atoms with E-state index in [4.69, 9.17) is 14.7 Å². The topological polar surface area (TPSA) is 95.8 Å². The highest BCUT2D eigenvalue weighted by Gasteiger charge is 2.51. The zero-order valence-electron chi connectivity index (χ0n) is 15.2. The number of hydrogen-bond acceptors (Lipinski definition) is 8. The molecule has 0 aliphatic carbocycles. The van der Waals surface area contributed by atoms with Crippen LogP contribution in [0.1, 0.15) is 32.9 Å². The number of nitriles is 1. The number of rotatable bonds is 6. The molecule has 0 aromatic carbocycles. The monoisotopic (exact) mass is 378 g/mol. The van der Waals surface area contributed by atoms with Crippen molar-refractivity contribution in [2.24, 2.45) is 0 Å². The minimum atomic E-state index is -0.861. The molecule has 140 valence electrons. The van der Waals surface area contributed by atoms with E-state index in [1.54, 1.807) is 26.8 Å². The molecule has 1 unspecified atom stereocenters. The van der Waals surface area contributed by atoms with Crippen molar-refractivity contribution in [3.05, 3.63) is 18.0 Å². The van der Waals surface area contributed by atoms with E-state index in [-0.39, 0.29) is 29.7 Å². The molecule has 1 saturated heterocycles. The summed E-state index contributed by atoms with van der Waals surface area (Å²) in [7, 11) is 1.43. The van der Waals surface area contributed by atoms with Crippen LogP contribution < -0.4 is 9.64 Å². The molecule has 9 heteroatoms. The van der Waals surface area contributed by atoms with Crippen LogP contribution in [0.3, 0.4) is 0 Å². The normalized spacial score (nSPS) is 19.3. The molecule has 0 spiro atoms. The molecular weight excluding hydrogens is 356 g/mol. The van der Waals surface area contributed by atoms with Crippen molar-refractivity contribution < 1.29 is 19.1 Å². The summed E-state index contributed by atoms with van der Waals surface area (Å²) in [5.41, 5.74) is -0.846. The fourth-order valence-electron chi connectivity index (χ4n) is 2.85. The molecule has 1 fully saturated rings. The Morgan fingerprint density at radius 3 is 2.77 bits per heavy atom. The third-order valence-corrected chi connectivity index (χ3v) is 4.78. The summed E-state index contributed by atoms with van der Waals surface area (Å²) in [6.07, 6.45) is 1.59. The first-order valence-electron chi connectivity index (χ1n) is 8.16. The van der Waals surface area contributed by atoms with Crippen molar-refractivity contribution in [1.29, 1.82) is 5.26 Å². The number of nitrogens with zero attached hydrogens (tertiary/aromatic N) is 4. The maximum absolute atomic E-state index is 13.0. The number of aromatic nitrogens is 1. The van der Waals surface area contributed by atoms with Gasteiger partial charge in [-0.15, -0.1) is 12.6 Å². The van der Waals surface area contributed by atoms with Gasteiger partial charge in [-0.05, 0) is 20.8 Å². The maximum atomic E-state index is 13.0. The van der Waals surface area contributed by atoms with Gasteiger partial charge >= 0.3 is 5.97 Å². The molecule has 1 atom stereocenters. The molecule has 0 saturated carbocycles. The third kappa shape index (κ3) is 3.61. The summed E-state index contributed by atoms with van der Waals surface area (Å²) in [5.74, 6) is -0.229. The summed E-state index contributed by atoms with van der Waals surface area (Å²) < 4.78 is 10.1. The Hall–Kier alpha value is -2.31. The Morgan fingerprint density at radius 1 is 1.50 bits per heavy atom. The van der Waals surface area contributed by atoms with Gasteiger partial charge in [-0.3, -0.25) is 19.4 Å². The average molecular weight is 378 g/mol. The van der Waals surface area contributed by atoms with Crippen molar-refractivity contribution in [3.63, 3.8) is 0 Å². The lowest BCUT2D eigenvalue weighted by molar-refractivity contribution is -0.144. The number of carbonyl (C=O) groups is 2. The van der Waals surface area contributed by atoms with Crippen molar-refractivity contribution in [2.45, 2.75) is 38.2 Å². The number of anilines is 1. The van der Waals surface area contributed by atoms with Gasteiger partial charge in [0.2, 0.25) is 5.91 Å². The fourth-order valence-corrected chi connectivity index (χ4v) is 3.49. The summed E-state index contributed by atoms with van der Waals surface area (Å²) in [6, 6.07) is 3.52. The second-order valence-corrected chi connectivity index (χ2v) is 6.65. The summed E-state index contributed by atoms with van der Waals surface area (Å²) in [4.78, 5) is 32.0. The standard InChI is InChI=1S/C17H22N4O4S/c1-5-25-14(22)6-7-20-16(26)21(15(23)17(20,2)3)11-8-13(24-4)12(9-18)19-10-11/h8,10,16,26H,5-7H2,1-4H3. The van der Waals surface area contributed by atoms with Crippen LogP contribution in [0.2, 0.25) is 0 Å². The lowest BCUT2D eigenvalue weighted by atomic mass is 10.0. The average Bonchev–Trinajstić information content (AvgIpc) is 2.78. The SMILES string of the molecule is CCOC(=O)CCN1C(S)N(c2cnc(C#N)c(OC)c2)C(=O)C1(C)C. The van der Waals surface area contributed by atoms with E-state index in [0.29, 0.717) is 18.8 Å². The molecule has 1 aromatic rings. The molecule has 2 heterocycles. The van der Waals surface area contributed by atoms with E-state index < -0.39 is 11.0 Å². The highest BCUT2D eigenvalue weighted by Crippen LogP contribution is 2.37. The second kappa shape index (κ2) is 7.93. The largest absolute Gasteiger partial charge is 0.494 e. The van der Waals surface area contributed by atoms with Crippen LogP contribution in [0, 0.1) is 11.3 Å². The first kappa shape index (κ1) is 20.0. The molecular formula is C17H22N4O4S. The van der Waals surface area contributed by atoms with Crippen LogP contribution in [0.5, 0.6) is 5.75 Å². The summed E-state index contributed by atoms with van der Waals surface area (Å²) >= 11 is 4.58. The van der Waals surface area contributed by atoms with Crippen LogP contribution in [0.15, 0.2) is 12.3 Å². The van der Waals surface area contributed by atoms with Gasteiger partial charge < -0.3 is 9.47 Å². The number of hydrogen-bond donors (Lipinski definition) is 1. The Labute approximate surface area is 158 Å². The van der Waals surface area contributed by atoms with E-state index in [1.165, 1.54) is 18.2 Å². The molecule has 1 aliphatic rings. The van der Waals surface area contributed by atoms with Crippen LogP contribution in [0.25, 0.3) is 0 Å². The maximum Gasteiger partial charge on any atom is 0.307 e. The van der Waals surface area contributed by atoms with Gasteiger partial charge in [0.25, 0.3) is 0 Å². The first-order chi connectivity index (χ1) is 12.3. The molecule has 1 amide bonds. The molecule has 8 nitrogen and oxygen atoms in total. The molecule has 0 radical (unpaired) electrons. The van der Waals surface area contributed by atoms with E-state index in [9.17, 15) is 9.59 Å². The van der Waals surface area contributed by atoms with Gasteiger partial charge in [-0.2, -0.15) is 5.26 Å². The van der Waals surface area contributed by atoms with Crippen molar-refractivity contribution in [1.82, 2.24) is 9.88 Å². The van der Waals surface area contributed by atoms with Gasteiger partial charge in [0.05, 0.1) is 37.6 Å². The first-order valence-corrected chi connectivity index (χ1v) is 8.67. The van der Waals surface area contributed by atoms with Crippen LogP contribution in [0.4, 0.5) is 5.69 Å². The third-order valence-electron chi connectivity index (χ3n) is 4.27. The zero-order valence-corrected chi connectivity index (χ0v) is 16.1. The van der Waals surface area contributed by atoms with E-state index in [2.05, 4.69) is 17.6 Å². The zero-order chi connectivity index (χ0) is 19.5. The van der Waals surface area contributed by atoms with E-state index in [1.807, 2.05) is 11.0 Å². The van der Waals surface area contributed by atoms with E-state index >= 15 is 0 Å². The number of carbonyl (C=O) groups excluding carboxylic acids is 2. The smallest absolute Gasteiger partial charge is 0.307 e. The molecule has 0 bridgehead atoms. The molecule has 1 aliphatic heterocycles. The second-order valence-electron chi connectivity index (χ2n) is 6.19. The predicted octanol–water partition coefficient (Wildman–Crippen LogP) is 1.56. The Morgan fingerprint density at radius 2 is 2.19 bits per heavy atom. The molecule has 26 heavy (non-hydrogen) atoms. The fraction of sp³-hybridized carbons (Fsp3) is 0.529. The highest BCUT2D eigenvalue weighted by molar-refractivity contribution is 7.81. The van der Waals surface area contributed by atoms with Gasteiger partial charge in [0.15, 0.2) is 11.4 Å². The van der Waals surface area contributed by atoms with Gasteiger partial charge in [0, 0.05) is 12.6 Å². The molecule has 1 aromatic heterocycles.